The minimum atomic E-state index is 0.300. The number of anilines is 1. The molecule has 3 rings (SSSR count). The highest BCUT2D eigenvalue weighted by Crippen LogP contribution is 2.30. The van der Waals surface area contributed by atoms with Gasteiger partial charge in [0, 0.05) is 24.5 Å². The maximum absolute atomic E-state index is 6.01. The fourth-order valence-corrected chi connectivity index (χ4v) is 3.10. The summed E-state index contributed by atoms with van der Waals surface area (Å²) in [5.41, 5.74) is 6.01. The smallest absolute Gasteiger partial charge is 0.150 e. The van der Waals surface area contributed by atoms with E-state index < -0.39 is 0 Å². The van der Waals surface area contributed by atoms with E-state index >= 15 is 0 Å². The number of hydrogen-bond acceptors (Lipinski definition) is 4. The van der Waals surface area contributed by atoms with E-state index in [4.69, 9.17) is 5.73 Å². The van der Waals surface area contributed by atoms with E-state index in [1.807, 2.05) is 0 Å². The van der Waals surface area contributed by atoms with Crippen LogP contribution in [0.25, 0.3) is 10.1 Å². The van der Waals surface area contributed by atoms with Gasteiger partial charge >= 0.3 is 0 Å². The lowest BCUT2D eigenvalue weighted by molar-refractivity contribution is 0.505. The molecule has 3 nitrogen and oxygen atoms in total. The summed E-state index contributed by atoms with van der Waals surface area (Å²) in [7, 11) is 0. The topological polar surface area (TPSA) is 42.1 Å². The highest BCUT2D eigenvalue weighted by molar-refractivity contribution is 7.13. The van der Waals surface area contributed by atoms with E-state index in [0.717, 1.165) is 25.3 Å². The van der Waals surface area contributed by atoms with Crippen molar-refractivity contribution in [2.45, 2.75) is 18.9 Å². The predicted octanol–water partition coefficient (Wildman–Crippen LogP) is 2.22. The number of hydrogen-bond donors (Lipinski definition) is 1. The molecule has 1 aliphatic rings. The van der Waals surface area contributed by atoms with Gasteiger partial charge in [-0.25, -0.2) is 0 Å². The maximum atomic E-state index is 6.01. The van der Waals surface area contributed by atoms with Gasteiger partial charge in [-0.15, -0.1) is 0 Å². The molecule has 0 amide bonds. The van der Waals surface area contributed by atoms with Crippen LogP contribution >= 0.6 is 11.5 Å². The normalized spacial score (nSPS) is 21.6. The molecule has 2 aromatic rings. The molecule has 1 fully saturated rings. The van der Waals surface area contributed by atoms with Gasteiger partial charge in [0.15, 0.2) is 0 Å². The predicted molar refractivity (Wildman–Crippen MR) is 69.0 cm³/mol. The number of aromatic nitrogens is 1. The van der Waals surface area contributed by atoms with Gasteiger partial charge in [0.05, 0.1) is 4.70 Å². The van der Waals surface area contributed by atoms with Gasteiger partial charge in [-0.1, -0.05) is 12.1 Å². The zero-order chi connectivity index (χ0) is 11.0. The molecule has 16 heavy (non-hydrogen) atoms. The Morgan fingerprint density at radius 1 is 1.38 bits per heavy atom. The van der Waals surface area contributed by atoms with Crippen LogP contribution in [0.3, 0.4) is 0 Å². The summed E-state index contributed by atoms with van der Waals surface area (Å²) in [4.78, 5) is 2.33. The van der Waals surface area contributed by atoms with E-state index in [0.29, 0.717) is 6.04 Å². The second kappa shape index (κ2) is 4.03. The largest absolute Gasteiger partial charge is 0.354 e. The molecule has 2 heterocycles. The molecule has 1 atom stereocenters. The Labute approximate surface area is 99.0 Å². The molecule has 1 aliphatic heterocycles. The monoisotopic (exact) mass is 233 g/mol. The third-order valence-corrected chi connectivity index (χ3v) is 3.93. The van der Waals surface area contributed by atoms with Crippen LogP contribution in [0.2, 0.25) is 0 Å². The van der Waals surface area contributed by atoms with Crippen LogP contribution in [0.1, 0.15) is 12.8 Å². The van der Waals surface area contributed by atoms with Gasteiger partial charge in [-0.05, 0) is 36.5 Å². The lowest BCUT2D eigenvalue weighted by Crippen LogP contribution is -2.43. The third-order valence-electron chi connectivity index (χ3n) is 3.12. The van der Waals surface area contributed by atoms with E-state index in [2.05, 4.69) is 33.5 Å². The molecule has 0 bridgehead atoms. The molecular formula is C12H15N3S. The molecule has 0 unspecified atom stereocenters. The molecule has 0 saturated carbocycles. The van der Waals surface area contributed by atoms with Crippen molar-refractivity contribution >= 4 is 27.4 Å². The molecule has 84 valence electrons. The van der Waals surface area contributed by atoms with Crippen LogP contribution in [0, 0.1) is 0 Å². The van der Waals surface area contributed by atoms with Crippen molar-refractivity contribution in [1.29, 1.82) is 0 Å². The molecule has 1 aromatic heterocycles. The first-order valence-corrected chi connectivity index (χ1v) is 6.47. The van der Waals surface area contributed by atoms with E-state index in [1.54, 1.807) is 11.5 Å². The first-order valence-electron chi connectivity index (χ1n) is 5.69. The van der Waals surface area contributed by atoms with Gasteiger partial charge in [-0.2, -0.15) is 4.37 Å². The van der Waals surface area contributed by atoms with Crippen molar-refractivity contribution in [1.82, 2.24) is 4.37 Å². The standard InChI is InChI=1S/C12H15N3S/c13-9-4-3-7-15(8-9)12-10-5-1-2-6-11(10)16-14-12/h1-2,5-6,9H,3-4,7-8,13H2/t9-/m1/s1. The summed E-state index contributed by atoms with van der Waals surface area (Å²) in [6, 6.07) is 8.71. The average Bonchev–Trinajstić information content (AvgIpc) is 2.72. The Kier molecular flexibility index (Phi) is 2.53. The van der Waals surface area contributed by atoms with Gasteiger partial charge < -0.3 is 10.6 Å². The summed E-state index contributed by atoms with van der Waals surface area (Å²) in [5, 5.41) is 1.27. The molecule has 0 spiro atoms. The van der Waals surface area contributed by atoms with Gasteiger partial charge in [0.1, 0.15) is 5.82 Å². The fraction of sp³-hybridized carbons (Fsp3) is 0.417. The number of piperidine rings is 1. The van der Waals surface area contributed by atoms with Crippen molar-refractivity contribution < 1.29 is 0 Å². The van der Waals surface area contributed by atoms with Crippen LogP contribution in [0.5, 0.6) is 0 Å². The summed E-state index contributed by atoms with van der Waals surface area (Å²) in [5.74, 6) is 1.12. The van der Waals surface area contributed by atoms with Gasteiger partial charge in [0.25, 0.3) is 0 Å². The minimum absolute atomic E-state index is 0.300. The summed E-state index contributed by atoms with van der Waals surface area (Å²) < 4.78 is 5.83. The third kappa shape index (κ3) is 1.68. The minimum Gasteiger partial charge on any atom is -0.354 e. The first-order chi connectivity index (χ1) is 7.84. The van der Waals surface area contributed by atoms with Crippen LogP contribution < -0.4 is 10.6 Å². The molecule has 2 N–H and O–H groups in total. The molecule has 1 aromatic carbocycles. The molecule has 1 saturated heterocycles. The summed E-state index contributed by atoms with van der Waals surface area (Å²) in [6.45, 7) is 2.02. The Balaban J connectivity index is 1.99. The summed E-state index contributed by atoms with van der Waals surface area (Å²) in [6.07, 6.45) is 2.31. The molecule has 0 radical (unpaired) electrons. The number of rotatable bonds is 1. The van der Waals surface area contributed by atoms with Crippen molar-refractivity contribution in [2.75, 3.05) is 18.0 Å². The molecule has 4 heteroatoms. The number of fused-ring (bicyclic) bond motifs is 1. The van der Waals surface area contributed by atoms with Crippen LogP contribution in [0.15, 0.2) is 24.3 Å². The van der Waals surface area contributed by atoms with E-state index in [1.165, 1.54) is 16.5 Å². The number of nitrogens with zero attached hydrogens (tertiary/aromatic N) is 2. The zero-order valence-electron chi connectivity index (χ0n) is 9.10. The zero-order valence-corrected chi connectivity index (χ0v) is 9.91. The Hall–Kier alpha value is -1.13. The van der Waals surface area contributed by atoms with Crippen LogP contribution in [-0.4, -0.2) is 23.5 Å². The lowest BCUT2D eigenvalue weighted by atomic mass is 10.1. The fourth-order valence-electron chi connectivity index (χ4n) is 2.30. The number of benzene rings is 1. The average molecular weight is 233 g/mol. The highest BCUT2D eigenvalue weighted by Gasteiger charge is 2.20. The molecule has 0 aliphatic carbocycles. The van der Waals surface area contributed by atoms with Crippen molar-refractivity contribution in [3.05, 3.63) is 24.3 Å². The van der Waals surface area contributed by atoms with Gasteiger partial charge in [0.2, 0.25) is 0 Å². The second-order valence-electron chi connectivity index (χ2n) is 4.35. The lowest BCUT2D eigenvalue weighted by Gasteiger charge is -2.31. The first kappa shape index (κ1) is 10.1. The van der Waals surface area contributed by atoms with E-state index in [9.17, 15) is 0 Å². The van der Waals surface area contributed by atoms with Crippen molar-refractivity contribution in [3.8, 4) is 0 Å². The SMILES string of the molecule is N[C@@H]1CCCN(c2nsc3ccccc23)C1. The van der Waals surface area contributed by atoms with Gasteiger partial charge in [-0.3, -0.25) is 0 Å². The quantitative estimate of drug-likeness (QED) is 0.821. The van der Waals surface area contributed by atoms with Crippen LogP contribution in [-0.2, 0) is 0 Å². The molecular weight excluding hydrogens is 218 g/mol. The van der Waals surface area contributed by atoms with E-state index in [-0.39, 0.29) is 0 Å². The van der Waals surface area contributed by atoms with Crippen molar-refractivity contribution in [2.24, 2.45) is 5.73 Å². The highest BCUT2D eigenvalue weighted by atomic mass is 32.1. The van der Waals surface area contributed by atoms with Crippen LogP contribution in [0.4, 0.5) is 5.82 Å². The maximum Gasteiger partial charge on any atom is 0.150 e. The Bertz CT molecular complexity index is 494. The Morgan fingerprint density at radius 2 is 2.25 bits per heavy atom. The summed E-state index contributed by atoms with van der Waals surface area (Å²) >= 11 is 1.58. The second-order valence-corrected chi connectivity index (χ2v) is 5.16. The number of nitrogens with two attached hydrogens (primary N) is 1. The Morgan fingerprint density at radius 3 is 3.12 bits per heavy atom. The van der Waals surface area contributed by atoms with Crippen molar-refractivity contribution in [3.63, 3.8) is 0 Å².